The Bertz CT molecular complexity index is 1480. The fourth-order valence-electron chi connectivity index (χ4n) is 10.9. The summed E-state index contributed by atoms with van der Waals surface area (Å²) >= 11 is 0. The topological polar surface area (TPSA) is 105 Å². The number of phosphoric acid groups is 1. The first-order valence-electron chi connectivity index (χ1n) is 36.0. The van der Waals surface area contributed by atoms with Crippen molar-refractivity contribution in [3.63, 3.8) is 0 Å². The lowest BCUT2D eigenvalue weighted by molar-refractivity contribution is -0.870. The maximum atomic E-state index is 13.0. The molecular formula is C73H142N2O6P+. The molecule has 9 heteroatoms. The van der Waals surface area contributed by atoms with Crippen LogP contribution < -0.4 is 5.32 Å². The smallest absolute Gasteiger partial charge is 0.387 e. The number of quaternary nitrogens is 1. The number of carbonyl (C=O) groups excluding carboxylic acids is 1. The molecule has 3 unspecified atom stereocenters. The summed E-state index contributed by atoms with van der Waals surface area (Å²) in [6.07, 6.45) is 87.1. The van der Waals surface area contributed by atoms with Gasteiger partial charge in [0.05, 0.1) is 39.9 Å². The van der Waals surface area contributed by atoms with Gasteiger partial charge in [0, 0.05) is 6.42 Å². The van der Waals surface area contributed by atoms with Crippen molar-refractivity contribution >= 4 is 13.7 Å². The Morgan fingerprint density at radius 2 is 0.707 bits per heavy atom. The summed E-state index contributed by atoms with van der Waals surface area (Å²) in [5.41, 5.74) is 0. The first-order valence-corrected chi connectivity index (χ1v) is 37.5. The molecule has 0 heterocycles. The summed E-state index contributed by atoms with van der Waals surface area (Å²) in [6, 6.07) is -0.864. The van der Waals surface area contributed by atoms with Crippen molar-refractivity contribution in [2.45, 2.75) is 373 Å². The van der Waals surface area contributed by atoms with Crippen molar-refractivity contribution in [3.05, 3.63) is 48.6 Å². The molecule has 484 valence electrons. The van der Waals surface area contributed by atoms with E-state index >= 15 is 0 Å². The van der Waals surface area contributed by atoms with Crippen LogP contribution in [0.2, 0.25) is 0 Å². The van der Waals surface area contributed by atoms with E-state index < -0.39 is 20.0 Å². The zero-order valence-corrected chi connectivity index (χ0v) is 56.4. The number of aliphatic hydroxyl groups is 1. The number of unbranched alkanes of at least 4 members (excludes halogenated alkanes) is 48. The number of carbonyl (C=O) groups is 1. The van der Waals surface area contributed by atoms with E-state index in [-0.39, 0.29) is 19.1 Å². The average Bonchev–Trinajstić information content (AvgIpc) is 3.47. The third kappa shape index (κ3) is 66.0. The summed E-state index contributed by atoms with van der Waals surface area (Å²) in [6.45, 7) is 4.84. The number of nitrogens with one attached hydrogen (secondary N) is 1. The van der Waals surface area contributed by atoms with Crippen LogP contribution in [0.15, 0.2) is 48.6 Å². The lowest BCUT2D eigenvalue weighted by Crippen LogP contribution is -2.45. The summed E-state index contributed by atoms with van der Waals surface area (Å²) in [5.74, 6) is -0.180. The third-order valence-corrected chi connectivity index (χ3v) is 17.5. The third-order valence-electron chi connectivity index (χ3n) is 16.5. The zero-order chi connectivity index (χ0) is 59.8. The molecule has 0 aliphatic heterocycles. The van der Waals surface area contributed by atoms with Gasteiger partial charge in [0.25, 0.3) is 0 Å². The minimum Gasteiger partial charge on any atom is -0.387 e. The van der Waals surface area contributed by atoms with Crippen molar-refractivity contribution in [3.8, 4) is 0 Å². The second-order valence-electron chi connectivity index (χ2n) is 26.0. The number of allylic oxidation sites excluding steroid dienone is 7. The molecule has 0 saturated heterocycles. The fraction of sp³-hybridized carbons (Fsp3) is 0.877. The van der Waals surface area contributed by atoms with Gasteiger partial charge < -0.3 is 19.8 Å². The van der Waals surface area contributed by atoms with Crippen molar-refractivity contribution in [1.82, 2.24) is 5.32 Å². The number of phosphoric ester groups is 1. The second-order valence-corrected chi connectivity index (χ2v) is 27.4. The van der Waals surface area contributed by atoms with Crippen molar-refractivity contribution in [2.24, 2.45) is 0 Å². The van der Waals surface area contributed by atoms with E-state index in [1.54, 1.807) is 6.08 Å². The highest BCUT2D eigenvalue weighted by Crippen LogP contribution is 2.43. The van der Waals surface area contributed by atoms with Crippen LogP contribution in [-0.4, -0.2) is 73.4 Å². The summed E-state index contributed by atoms with van der Waals surface area (Å²) < 4.78 is 23.8. The van der Waals surface area contributed by atoms with E-state index in [4.69, 9.17) is 9.05 Å². The molecule has 8 nitrogen and oxygen atoms in total. The van der Waals surface area contributed by atoms with Gasteiger partial charge in [-0.1, -0.05) is 339 Å². The quantitative estimate of drug-likeness (QED) is 0.0243. The standard InChI is InChI=1S/C73H141N2O6P/c1-6-8-10-12-14-16-18-20-22-24-26-28-30-31-32-33-34-35-36-37-38-39-40-41-42-43-45-47-49-51-53-55-57-59-61-63-65-67-73(77)74-71(70-81-82(78,79)80-69-68-75(3,4)5)72(76)66-64-62-60-58-56-54-52-50-48-46-44-29-27-25-23-21-19-17-15-13-11-9-7-2/h18,20,24,26,56,58,64,66,71-72,76H,6-17,19,21-23,25,27-55,57,59-63,65,67-70H2,1-5H3,(H-,74,77,78,79)/p+1/b20-18-,26-24-,58-56+,66-64+. The van der Waals surface area contributed by atoms with Crippen LogP contribution in [0.4, 0.5) is 0 Å². The van der Waals surface area contributed by atoms with Crippen LogP contribution >= 0.6 is 7.82 Å². The van der Waals surface area contributed by atoms with E-state index in [2.05, 4.69) is 55.6 Å². The number of hydrogen-bond donors (Lipinski definition) is 3. The Morgan fingerprint density at radius 3 is 1.05 bits per heavy atom. The lowest BCUT2D eigenvalue weighted by Gasteiger charge is -2.25. The minimum absolute atomic E-state index is 0.0577. The van der Waals surface area contributed by atoms with Crippen molar-refractivity contribution < 1.29 is 32.9 Å². The molecule has 82 heavy (non-hydrogen) atoms. The Balaban J connectivity index is 3.99. The highest BCUT2D eigenvalue weighted by atomic mass is 31.2. The molecule has 0 aromatic rings. The molecule has 0 aliphatic rings. The van der Waals surface area contributed by atoms with E-state index in [1.807, 2.05) is 27.2 Å². The largest absolute Gasteiger partial charge is 0.472 e. The maximum absolute atomic E-state index is 13.0. The molecule has 0 spiro atoms. The SMILES string of the molecule is CCCCCCC/C=C\C/C=C\CCCCCCCCCCCCCCCCCCCCCCCCCCCC(=O)NC(COP(=O)(O)OCC[N+](C)(C)C)C(O)/C=C/CC/C=C/CCCCCCCCCCCCCCCCCCC. The molecule has 0 radical (unpaired) electrons. The van der Waals surface area contributed by atoms with Crippen LogP contribution in [0.1, 0.15) is 361 Å². The molecule has 3 atom stereocenters. The van der Waals surface area contributed by atoms with Gasteiger partial charge in [0.2, 0.25) is 5.91 Å². The number of rotatable bonds is 67. The highest BCUT2D eigenvalue weighted by Gasteiger charge is 2.28. The van der Waals surface area contributed by atoms with Gasteiger partial charge in [-0.3, -0.25) is 13.8 Å². The summed E-state index contributed by atoms with van der Waals surface area (Å²) in [5, 5.41) is 14.0. The Hall–Kier alpha value is -1.54. The Labute approximate surface area is 511 Å². The first kappa shape index (κ1) is 80.5. The molecule has 1 amide bonds. The van der Waals surface area contributed by atoms with E-state index in [0.29, 0.717) is 17.4 Å². The van der Waals surface area contributed by atoms with E-state index in [1.165, 1.54) is 295 Å². The predicted molar refractivity (Wildman–Crippen MR) is 360 cm³/mol. The lowest BCUT2D eigenvalue weighted by atomic mass is 10.0. The summed E-state index contributed by atoms with van der Waals surface area (Å²) in [4.78, 5) is 23.4. The van der Waals surface area contributed by atoms with Crippen LogP contribution in [0, 0.1) is 0 Å². The predicted octanol–water partition coefficient (Wildman–Crippen LogP) is 23.0. The number of hydrogen-bond acceptors (Lipinski definition) is 5. The van der Waals surface area contributed by atoms with Gasteiger partial charge in [-0.25, -0.2) is 4.57 Å². The van der Waals surface area contributed by atoms with Gasteiger partial charge in [-0.2, -0.15) is 0 Å². The number of aliphatic hydroxyl groups excluding tert-OH is 1. The van der Waals surface area contributed by atoms with Crippen LogP contribution in [0.3, 0.4) is 0 Å². The van der Waals surface area contributed by atoms with E-state index in [0.717, 1.165) is 44.9 Å². The van der Waals surface area contributed by atoms with Gasteiger partial charge in [0.15, 0.2) is 0 Å². The van der Waals surface area contributed by atoms with Gasteiger partial charge in [-0.15, -0.1) is 0 Å². The normalized spacial score (nSPS) is 13.9. The zero-order valence-electron chi connectivity index (χ0n) is 55.5. The minimum atomic E-state index is -4.36. The fourth-order valence-corrected chi connectivity index (χ4v) is 11.7. The second kappa shape index (κ2) is 63.9. The first-order chi connectivity index (χ1) is 40.0. The molecule has 0 bridgehead atoms. The van der Waals surface area contributed by atoms with Gasteiger partial charge in [-0.05, 0) is 64.2 Å². The molecule has 0 fully saturated rings. The molecular weight excluding hydrogens is 1030 g/mol. The molecule has 0 aliphatic carbocycles. The molecule has 0 rings (SSSR count). The molecule has 3 N–H and O–H groups in total. The number of nitrogens with zero attached hydrogens (tertiary/aromatic N) is 1. The van der Waals surface area contributed by atoms with Crippen LogP contribution in [0.5, 0.6) is 0 Å². The van der Waals surface area contributed by atoms with Gasteiger partial charge >= 0.3 is 7.82 Å². The molecule has 0 saturated carbocycles. The Kier molecular flexibility index (Phi) is 62.7. The van der Waals surface area contributed by atoms with Crippen molar-refractivity contribution in [2.75, 3.05) is 40.9 Å². The van der Waals surface area contributed by atoms with Gasteiger partial charge in [0.1, 0.15) is 13.2 Å². The number of amides is 1. The van der Waals surface area contributed by atoms with Crippen LogP contribution in [0.25, 0.3) is 0 Å². The maximum Gasteiger partial charge on any atom is 0.472 e. The monoisotopic (exact) mass is 1170 g/mol. The van der Waals surface area contributed by atoms with E-state index in [9.17, 15) is 19.4 Å². The summed E-state index contributed by atoms with van der Waals surface area (Å²) in [7, 11) is 1.57. The highest BCUT2D eigenvalue weighted by molar-refractivity contribution is 7.47. The number of likely N-dealkylation sites (N-methyl/N-ethyl adjacent to an activating group) is 1. The van der Waals surface area contributed by atoms with Crippen LogP contribution in [-0.2, 0) is 18.4 Å². The van der Waals surface area contributed by atoms with Crippen molar-refractivity contribution in [1.29, 1.82) is 0 Å². The average molecular weight is 1170 g/mol. The molecule has 0 aromatic heterocycles. The Morgan fingerprint density at radius 1 is 0.415 bits per heavy atom. The molecule has 0 aromatic carbocycles.